The lowest BCUT2D eigenvalue weighted by Crippen LogP contribution is -2.64. The van der Waals surface area contributed by atoms with Gasteiger partial charge in [0.15, 0.2) is 0 Å². The van der Waals surface area contributed by atoms with Gasteiger partial charge in [-0.25, -0.2) is 0 Å². The number of rotatable bonds is 4. The number of hydrogen-bond donors (Lipinski definition) is 1. The molecule has 2 amide bonds. The molecule has 5 rings (SSSR count). The Morgan fingerprint density at radius 2 is 1.84 bits per heavy atom. The van der Waals surface area contributed by atoms with E-state index in [0.29, 0.717) is 18.8 Å². The molecule has 0 aliphatic carbocycles. The smallest absolute Gasteiger partial charge is 0.275 e. The molecule has 2 aromatic heterocycles. The van der Waals surface area contributed by atoms with Crippen LogP contribution in [0, 0.1) is 13.8 Å². The standard InChI is InChI=1S/C26H25N3O2S/c1-17-9-10-21(13-18(17)2)29-23(30)22-14-20-11-12-32-24(20)28(22)16-26(29,3)25(31)27-15-19-7-5-4-6-8-19/h4-14H,15-16H2,1-3H3,(H,27,31). The van der Waals surface area contributed by atoms with Gasteiger partial charge in [-0.2, -0.15) is 0 Å². The van der Waals surface area contributed by atoms with Gasteiger partial charge in [-0.05, 0) is 67.1 Å². The molecule has 3 heterocycles. The normalized spacial score (nSPS) is 18.1. The highest BCUT2D eigenvalue weighted by atomic mass is 32.1. The van der Waals surface area contributed by atoms with Crippen LogP contribution in [0.25, 0.3) is 10.2 Å². The zero-order valence-electron chi connectivity index (χ0n) is 18.4. The third kappa shape index (κ3) is 3.22. The minimum absolute atomic E-state index is 0.153. The van der Waals surface area contributed by atoms with Gasteiger partial charge in [0.25, 0.3) is 5.91 Å². The van der Waals surface area contributed by atoms with Crippen LogP contribution in [0.1, 0.15) is 34.1 Å². The number of amides is 2. The molecular weight excluding hydrogens is 418 g/mol. The molecule has 1 unspecified atom stereocenters. The predicted octanol–water partition coefficient (Wildman–Crippen LogP) is 5.06. The van der Waals surface area contributed by atoms with Crippen molar-refractivity contribution < 1.29 is 9.59 Å². The molecular formula is C26H25N3O2S. The summed E-state index contributed by atoms with van der Waals surface area (Å²) in [4.78, 5) is 30.2. The molecule has 0 saturated carbocycles. The number of carbonyl (C=O) groups is 2. The monoisotopic (exact) mass is 443 g/mol. The second-order valence-corrected chi connectivity index (χ2v) is 9.54. The van der Waals surface area contributed by atoms with Crippen LogP contribution in [0.5, 0.6) is 0 Å². The van der Waals surface area contributed by atoms with Crippen LogP contribution >= 0.6 is 11.3 Å². The number of hydrogen-bond acceptors (Lipinski definition) is 3. The number of aromatic nitrogens is 1. The number of thiophene rings is 1. The van der Waals surface area contributed by atoms with Crippen molar-refractivity contribution in [2.75, 3.05) is 4.90 Å². The van der Waals surface area contributed by atoms with Crippen LogP contribution in [0.15, 0.2) is 66.0 Å². The quantitative estimate of drug-likeness (QED) is 0.480. The van der Waals surface area contributed by atoms with E-state index in [1.165, 1.54) is 0 Å². The van der Waals surface area contributed by atoms with Crippen LogP contribution < -0.4 is 10.2 Å². The van der Waals surface area contributed by atoms with Gasteiger partial charge < -0.3 is 9.88 Å². The zero-order chi connectivity index (χ0) is 22.5. The highest BCUT2D eigenvalue weighted by Crippen LogP contribution is 2.37. The Balaban J connectivity index is 1.59. The van der Waals surface area contributed by atoms with Crippen LogP contribution in [-0.4, -0.2) is 21.9 Å². The average Bonchev–Trinajstić information content (AvgIpc) is 3.38. The molecule has 32 heavy (non-hydrogen) atoms. The number of carbonyl (C=O) groups excluding carboxylic acids is 2. The summed E-state index contributed by atoms with van der Waals surface area (Å²) in [5.41, 5.74) is 3.55. The van der Waals surface area contributed by atoms with Crippen LogP contribution in [-0.2, 0) is 17.9 Å². The van der Waals surface area contributed by atoms with E-state index in [-0.39, 0.29) is 11.8 Å². The van der Waals surface area contributed by atoms with Gasteiger partial charge in [0, 0.05) is 17.6 Å². The fourth-order valence-corrected chi connectivity index (χ4v) is 5.33. The average molecular weight is 444 g/mol. The second-order valence-electron chi connectivity index (χ2n) is 8.65. The fourth-order valence-electron chi connectivity index (χ4n) is 4.44. The van der Waals surface area contributed by atoms with Gasteiger partial charge in [-0.3, -0.25) is 14.5 Å². The van der Waals surface area contributed by atoms with Crippen molar-refractivity contribution in [1.82, 2.24) is 9.88 Å². The topological polar surface area (TPSA) is 54.3 Å². The maximum absolute atomic E-state index is 13.8. The number of nitrogens with zero attached hydrogens (tertiary/aromatic N) is 2. The maximum atomic E-state index is 13.8. The lowest BCUT2D eigenvalue weighted by molar-refractivity contribution is -0.126. The van der Waals surface area contributed by atoms with Gasteiger partial charge in [0.05, 0.1) is 6.54 Å². The Morgan fingerprint density at radius 3 is 2.59 bits per heavy atom. The maximum Gasteiger partial charge on any atom is 0.275 e. The fraction of sp³-hybridized carbons (Fsp3) is 0.231. The molecule has 0 spiro atoms. The first-order chi connectivity index (χ1) is 15.4. The Bertz CT molecular complexity index is 1340. The molecule has 162 valence electrons. The van der Waals surface area contributed by atoms with Gasteiger partial charge in [-0.1, -0.05) is 36.4 Å². The van der Waals surface area contributed by atoms with Gasteiger partial charge in [0.1, 0.15) is 16.1 Å². The Labute approximate surface area is 191 Å². The van der Waals surface area contributed by atoms with Gasteiger partial charge in [0.2, 0.25) is 5.91 Å². The van der Waals surface area contributed by atoms with E-state index < -0.39 is 5.54 Å². The van der Waals surface area contributed by atoms with Crippen molar-refractivity contribution in [2.45, 2.75) is 39.4 Å². The molecule has 0 radical (unpaired) electrons. The highest BCUT2D eigenvalue weighted by Gasteiger charge is 2.48. The third-order valence-electron chi connectivity index (χ3n) is 6.42. The number of anilines is 1. The van der Waals surface area contributed by atoms with Crippen LogP contribution in [0.4, 0.5) is 5.69 Å². The molecule has 2 aromatic carbocycles. The van der Waals surface area contributed by atoms with Crippen molar-refractivity contribution in [2.24, 2.45) is 0 Å². The van der Waals surface area contributed by atoms with E-state index in [0.717, 1.165) is 32.6 Å². The highest BCUT2D eigenvalue weighted by molar-refractivity contribution is 7.16. The summed E-state index contributed by atoms with van der Waals surface area (Å²) in [5.74, 6) is -0.322. The van der Waals surface area contributed by atoms with E-state index in [4.69, 9.17) is 0 Å². The molecule has 0 fully saturated rings. The minimum Gasteiger partial charge on any atom is -0.350 e. The molecule has 1 aliphatic rings. The lowest BCUT2D eigenvalue weighted by Gasteiger charge is -2.44. The first-order valence-corrected chi connectivity index (χ1v) is 11.6. The summed E-state index contributed by atoms with van der Waals surface area (Å²) in [5, 5.41) is 6.13. The Morgan fingerprint density at radius 1 is 1.06 bits per heavy atom. The molecule has 6 heteroatoms. The van der Waals surface area contributed by atoms with Gasteiger partial charge >= 0.3 is 0 Å². The minimum atomic E-state index is -1.07. The summed E-state index contributed by atoms with van der Waals surface area (Å²) < 4.78 is 2.00. The van der Waals surface area contributed by atoms with E-state index in [9.17, 15) is 9.59 Å². The molecule has 1 atom stereocenters. The van der Waals surface area contributed by atoms with Crippen molar-refractivity contribution in [3.8, 4) is 0 Å². The predicted molar refractivity (Wildman–Crippen MR) is 129 cm³/mol. The van der Waals surface area contributed by atoms with Crippen molar-refractivity contribution in [1.29, 1.82) is 0 Å². The molecule has 4 aromatic rings. The largest absolute Gasteiger partial charge is 0.350 e. The molecule has 1 N–H and O–H groups in total. The van der Waals surface area contributed by atoms with Crippen LogP contribution in [0.3, 0.4) is 0 Å². The third-order valence-corrected chi connectivity index (χ3v) is 7.37. The SMILES string of the molecule is Cc1ccc(N2C(=O)c3cc4ccsc4n3CC2(C)C(=O)NCc2ccccc2)cc1C. The van der Waals surface area contributed by atoms with E-state index in [1.54, 1.807) is 16.2 Å². The first kappa shape index (κ1) is 20.5. The van der Waals surface area contributed by atoms with Crippen molar-refractivity contribution in [3.05, 3.63) is 88.4 Å². The zero-order valence-corrected chi connectivity index (χ0v) is 19.2. The summed E-state index contributed by atoms with van der Waals surface area (Å²) in [7, 11) is 0. The molecule has 0 saturated heterocycles. The van der Waals surface area contributed by atoms with E-state index in [1.807, 2.05) is 91.4 Å². The molecule has 0 bridgehead atoms. The van der Waals surface area contributed by atoms with E-state index >= 15 is 0 Å². The number of benzene rings is 2. The second kappa shape index (κ2) is 7.64. The van der Waals surface area contributed by atoms with Gasteiger partial charge in [-0.15, -0.1) is 11.3 Å². The Hall–Kier alpha value is -3.38. The first-order valence-electron chi connectivity index (χ1n) is 10.7. The summed E-state index contributed by atoms with van der Waals surface area (Å²) >= 11 is 1.60. The lowest BCUT2D eigenvalue weighted by atomic mass is 9.93. The number of nitrogens with one attached hydrogen (secondary N) is 1. The number of fused-ring (bicyclic) bond motifs is 3. The van der Waals surface area contributed by atoms with E-state index in [2.05, 4.69) is 5.32 Å². The van der Waals surface area contributed by atoms with Crippen molar-refractivity contribution in [3.63, 3.8) is 0 Å². The number of aryl methyl sites for hydroxylation is 2. The summed E-state index contributed by atoms with van der Waals surface area (Å²) in [6.07, 6.45) is 0. The Kier molecular flexibility index (Phi) is 4.90. The molecule has 5 nitrogen and oxygen atoms in total. The molecule has 1 aliphatic heterocycles. The van der Waals surface area contributed by atoms with Crippen molar-refractivity contribution >= 4 is 39.1 Å². The summed E-state index contributed by atoms with van der Waals surface area (Å²) in [6, 6.07) is 19.7. The van der Waals surface area contributed by atoms with Crippen LogP contribution in [0.2, 0.25) is 0 Å². The summed E-state index contributed by atoms with van der Waals surface area (Å²) in [6.45, 7) is 6.74.